The molecule has 0 radical (unpaired) electrons. The van der Waals surface area contributed by atoms with E-state index in [1.54, 1.807) is 6.33 Å². The van der Waals surface area contributed by atoms with Crippen molar-refractivity contribution in [3.63, 3.8) is 0 Å². The lowest BCUT2D eigenvalue weighted by molar-refractivity contribution is -0.122. The summed E-state index contributed by atoms with van der Waals surface area (Å²) in [6.45, 7) is 6.47. The molecule has 7 nitrogen and oxygen atoms in total. The van der Waals surface area contributed by atoms with Gasteiger partial charge in [0.2, 0.25) is 5.91 Å². The molecule has 0 saturated carbocycles. The highest BCUT2D eigenvalue weighted by molar-refractivity contribution is 5.82. The number of nitrogens with two attached hydrogens (primary N) is 1. The molecule has 0 aliphatic heterocycles. The SMILES string of the molecule is Cc1noc(C)c1CC(C)NC(=O)[C@@H](N)Cc1cn(Cc2ccccc2)cn1. The number of rotatable bonds is 8. The molecule has 148 valence electrons. The van der Waals surface area contributed by atoms with Crippen molar-refractivity contribution in [2.75, 3.05) is 0 Å². The maximum Gasteiger partial charge on any atom is 0.237 e. The Kier molecular flexibility index (Phi) is 6.26. The Morgan fingerprint density at radius 1 is 1.25 bits per heavy atom. The fourth-order valence-corrected chi connectivity index (χ4v) is 3.21. The monoisotopic (exact) mass is 381 g/mol. The van der Waals surface area contributed by atoms with Gasteiger partial charge >= 0.3 is 0 Å². The van der Waals surface area contributed by atoms with E-state index in [1.807, 2.05) is 49.7 Å². The van der Waals surface area contributed by atoms with Crippen LogP contribution in [0, 0.1) is 13.8 Å². The minimum Gasteiger partial charge on any atom is -0.361 e. The molecule has 1 amide bonds. The maximum atomic E-state index is 12.4. The van der Waals surface area contributed by atoms with Gasteiger partial charge in [-0.3, -0.25) is 4.79 Å². The fraction of sp³-hybridized carbons (Fsp3) is 0.381. The molecule has 2 atom stereocenters. The van der Waals surface area contributed by atoms with Crippen LogP contribution in [0.15, 0.2) is 47.4 Å². The van der Waals surface area contributed by atoms with E-state index >= 15 is 0 Å². The van der Waals surface area contributed by atoms with Crippen LogP contribution in [0.2, 0.25) is 0 Å². The third kappa shape index (κ3) is 5.07. The third-order valence-electron chi connectivity index (χ3n) is 4.74. The standard InChI is InChI=1S/C21H27N5O2/c1-14(9-19-15(2)25-28-16(19)3)24-21(27)20(22)10-18-12-26(13-23-18)11-17-7-5-4-6-8-17/h4-8,12-14,20H,9-11,22H2,1-3H3,(H,24,27)/t14?,20-/m0/s1. The molecule has 7 heteroatoms. The van der Waals surface area contributed by atoms with Crippen LogP contribution in [0.1, 0.15) is 35.2 Å². The average molecular weight is 381 g/mol. The first kappa shape index (κ1) is 19.8. The minimum absolute atomic E-state index is 0.0639. The van der Waals surface area contributed by atoms with Gasteiger partial charge in [-0.1, -0.05) is 35.5 Å². The van der Waals surface area contributed by atoms with Crippen LogP contribution in [0.3, 0.4) is 0 Å². The quantitative estimate of drug-likeness (QED) is 0.623. The van der Waals surface area contributed by atoms with E-state index in [9.17, 15) is 4.79 Å². The van der Waals surface area contributed by atoms with Crippen LogP contribution in [-0.2, 0) is 24.2 Å². The Bertz CT molecular complexity index is 897. The summed E-state index contributed by atoms with van der Waals surface area (Å²) in [5.74, 6) is 0.601. The van der Waals surface area contributed by atoms with Gasteiger partial charge in [0, 0.05) is 30.8 Å². The molecule has 0 saturated heterocycles. The topological polar surface area (TPSA) is 99.0 Å². The van der Waals surface area contributed by atoms with Crippen LogP contribution >= 0.6 is 0 Å². The van der Waals surface area contributed by atoms with Crippen LogP contribution in [0.5, 0.6) is 0 Å². The molecule has 0 spiro atoms. The molecular formula is C21H27N5O2. The zero-order chi connectivity index (χ0) is 20.1. The molecular weight excluding hydrogens is 354 g/mol. The van der Waals surface area contributed by atoms with Gasteiger partial charge in [0.1, 0.15) is 5.76 Å². The summed E-state index contributed by atoms with van der Waals surface area (Å²) in [5, 5.41) is 6.92. The lowest BCUT2D eigenvalue weighted by Gasteiger charge is -2.17. The molecule has 1 aromatic carbocycles. The lowest BCUT2D eigenvalue weighted by Crippen LogP contribution is -2.46. The van der Waals surface area contributed by atoms with Crippen molar-refractivity contribution in [3.05, 3.63) is 71.1 Å². The molecule has 3 rings (SSSR count). The van der Waals surface area contributed by atoms with Crippen molar-refractivity contribution >= 4 is 5.91 Å². The fourth-order valence-electron chi connectivity index (χ4n) is 3.21. The molecule has 0 fully saturated rings. The van der Waals surface area contributed by atoms with Gasteiger partial charge in [0.05, 0.1) is 23.8 Å². The number of hydrogen-bond acceptors (Lipinski definition) is 5. The Labute approximate surface area is 164 Å². The second kappa shape index (κ2) is 8.84. The van der Waals surface area contributed by atoms with Gasteiger partial charge in [-0.25, -0.2) is 4.98 Å². The van der Waals surface area contributed by atoms with Gasteiger partial charge in [0.15, 0.2) is 0 Å². The van der Waals surface area contributed by atoms with Gasteiger partial charge < -0.3 is 20.1 Å². The molecule has 0 bridgehead atoms. The molecule has 3 aromatic rings. The summed E-state index contributed by atoms with van der Waals surface area (Å²) >= 11 is 0. The number of nitrogens with one attached hydrogen (secondary N) is 1. The highest BCUT2D eigenvalue weighted by Gasteiger charge is 2.19. The summed E-state index contributed by atoms with van der Waals surface area (Å²) in [6.07, 6.45) is 4.76. The van der Waals surface area contributed by atoms with Crippen molar-refractivity contribution in [3.8, 4) is 0 Å². The smallest absolute Gasteiger partial charge is 0.237 e. The molecule has 2 heterocycles. The van der Waals surface area contributed by atoms with Crippen LogP contribution < -0.4 is 11.1 Å². The molecule has 2 aromatic heterocycles. The summed E-state index contributed by atoms with van der Waals surface area (Å²) in [4.78, 5) is 16.8. The number of aromatic nitrogens is 3. The Balaban J connectivity index is 1.51. The van der Waals surface area contributed by atoms with Crippen LogP contribution in [-0.4, -0.2) is 32.7 Å². The normalized spacial score (nSPS) is 13.3. The highest BCUT2D eigenvalue weighted by Crippen LogP contribution is 2.14. The predicted octanol–water partition coefficient (Wildman–Crippen LogP) is 2.15. The Hall–Kier alpha value is -2.93. The van der Waals surface area contributed by atoms with E-state index < -0.39 is 6.04 Å². The highest BCUT2D eigenvalue weighted by atomic mass is 16.5. The van der Waals surface area contributed by atoms with Crippen LogP contribution in [0.25, 0.3) is 0 Å². The van der Waals surface area contributed by atoms with E-state index in [0.29, 0.717) is 12.8 Å². The molecule has 0 aliphatic rings. The number of hydrogen-bond donors (Lipinski definition) is 2. The van der Waals surface area contributed by atoms with Crippen molar-refractivity contribution in [1.29, 1.82) is 0 Å². The second-order valence-electron chi connectivity index (χ2n) is 7.25. The molecule has 3 N–H and O–H groups in total. The Morgan fingerprint density at radius 3 is 2.68 bits per heavy atom. The van der Waals surface area contributed by atoms with Gasteiger partial charge in [-0.15, -0.1) is 0 Å². The number of carbonyl (C=O) groups excluding carboxylic acids is 1. The van der Waals surface area contributed by atoms with E-state index in [4.69, 9.17) is 10.3 Å². The zero-order valence-corrected chi connectivity index (χ0v) is 16.6. The van der Waals surface area contributed by atoms with Crippen molar-refractivity contribution in [1.82, 2.24) is 20.0 Å². The summed E-state index contributed by atoms with van der Waals surface area (Å²) in [5.41, 5.74) is 9.98. The first-order chi connectivity index (χ1) is 13.4. The van der Waals surface area contributed by atoms with Gasteiger partial charge in [-0.05, 0) is 32.8 Å². The minimum atomic E-state index is -0.646. The number of imidazole rings is 1. The lowest BCUT2D eigenvalue weighted by atomic mass is 10.0. The summed E-state index contributed by atoms with van der Waals surface area (Å²) in [7, 11) is 0. The number of nitrogens with zero attached hydrogens (tertiary/aromatic N) is 3. The van der Waals surface area contributed by atoms with Gasteiger partial charge in [0.25, 0.3) is 0 Å². The molecule has 28 heavy (non-hydrogen) atoms. The first-order valence-corrected chi connectivity index (χ1v) is 9.44. The number of carbonyl (C=O) groups is 1. The van der Waals surface area contributed by atoms with E-state index in [2.05, 4.69) is 27.6 Å². The third-order valence-corrected chi connectivity index (χ3v) is 4.74. The van der Waals surface area contributed by atoms with Crippen LogP contribution in [0.4, 0.5) is 0 Å². The zero-order valence-electron chi connectivity index (χ0n) is 16.6. The first-order valence-electron chi connectivity index (χ1n) is 9.44. The van der Waals surface area contributed by atoms with E-state index in [-0.39, 0.29) is 11.9 Å². The second-order valence-corrected chi connectivity index (χ2v) is 7.25. The van der Waals surface area contributed by atoms with Crippen molar-refractivity contribution in [2.24, 2.45) is 5.73 Å². The molecule has 1 unspecified atom stereocenters. The predicted molar refractivity (Wildman–Crippen MR) is 107 cm³/mol. The number of aryl methyl sites for hydroxylation is 2. The largest absolute Gasteiger partial charge is 0.361 e. The average Bonchev–Trinajstić information content (AvgIpc) is 3.23. The van der Waals surface area contributed by atoms with Crippen molar-refractivity contribution < 1.29 is 9.32 Å². The summed E-state index contributed by atoms with van der Waals surface area (Å²) < 4.78 is 7.17. The van der Waals surface area contributed by atoms with Crippen molar-refractivity contribution in [2.45, 2.75) is 52.2 Å². The van der Waals surface area contributed by atoms with E-state index in [1.165, 1.54) is 5.56 Å². The molecule has 0 aliphatic carbocycles. The van der Waals surface area contributed by atoms with E-state index in [0.717, 1.165) is 29.3 Å². The van der Waals surface area contributed by atoms with Gasteiger partial charge in [-0.2, -0.15) is 0 Å². The number of benzene rings is 1. The maximum absolute atomic E-state index is 12.4. The summed E-state index contributed by atoms with van der Waals surface area (Å²) in [6, 6.07) is 9.44. The number of amides is 1. The Morgan fingerprint density at radius 2 is 2.00 bits per heavy atom.